The highest BCUT2D eigenvalue weighted by Gasteiger charge is 2.23. The zero-order valence-electron chi connectivity index (χ0n) is 16.3. The molecule has 0 aliphatic rings. The number of nitrogens with one attached hydrogen (secondary N) is 2. The first-order valence-corrected chi connectivity index (χ1v) is 12.9. The fourth-order valence-corrected chi connectivity index (χ4v) is 6.17. The van der Waals surface area contributed by atoms with Gasteiger partial charge in [-0.2, -0.15) is 0 Å². The summed E-state index contributed by atoms with van der Waals surface area (Å²) in [5, 5.41) is 0.782. The van der Waals surface area contributed by atoms with Crippen LogP contribution in [0.1, 0.15) is 11.1 Å². The van der Waals surface area contributed by atoms with Gasteiger partial charge in [-0.3, -0.25) is 9.44 Å². The van der Waals surface area contributed by atoms with Crippen LogP contribution >= 0.6 is 34.8 Å². The van der Waals surface area contributed by atoms with Gasteiger partial charge in [0.1, 0.15) is 0 Å². The number of sulfonamides is 2. The summed E-state index contributed by atoms with van der Waals surface area (Å²) in [7, 11) is -8.16. The Hall–Kier alpha value is -1.97. The van der Waals surface area contributed by atoms with E-state index in [9.17, 15) is 16.8 Å². The van der Waals surface area contributed by atoms with Crippen molar-refractivity contribution in [2.75, 3.05) is 9.44 Å². The summed E-state index contributed by atoms with van der Waals surface area (Å²) in [5.41, 5.74) is 0.667. The Bertz CT molecular complexity index is 1380. The Morgan fingerprint density at radius 3 is 1.58 bits per heavy atom. The van der Waals surface area contributed by atoms with Crippen LogP contribution in [0.4, 0.5) is 11.4 Å². The Balaban J connectivity index is 2.04. The summed E-state index contributed by atoms with van der Waals surface area (Å²) in [6.45, 7) is 3.14. The van der Waals surface area contributed by atoms with Gasteiger partial charge in [0.05, 0.1) is 21.2 Å². The smallest absolute Gasteiger partial charge is 0.262 e. The molecule has 0 aliphatic carbocycles. The number of halogens is 3. The van der Waals surface area contributed by atoms with E-state index in [2.05, 4.69) is 9.44 Å². The van der Waals surface area contributed by atoms with Crippen molar-refractivity contribution in [2.24, 2.45) is 0 Å². The summed E-state index contributed by atoms with van der Waals surface area (Å²) in [6.07, 6.45) is 0. The quantitative estimate of drug-likeness (QED) is 0.426. The van der Waals surface area contributed by atoms with Crippen LogP contribution in [0.3, 0.4) is 0 Å². The van der Waals surface area contributed by atoms with E-state index in [1.54, 1.807) is 26.0 Å². The van der Waals surface area contributed by atoms with Crippen LogP contribution in [-0.4, -0.2) is 16.8 Å². The van der Waals surface area contributed by atoms with Gasteiger partial charge in [-0.05, 0) is 67.4 Å². The molecule has 0 saturated heterocycles. The van der Waals surface area contributed by atoms with E-state index in [-0.39, 0.29) is 36.2 Å². The first kappa shape index (κ1) is 23.7. The van der Waals surface area contributed by atoms with Crippen LogP contribution in [0, 0.1) is 13.8 Å². The molecule has 0 unspecified atom stereocenters. The zero-order valence-corrected chi connectivity index (χ0v) is 20.2. The molecule has 0 spiro atoms. The standard InChI is InChI=1S/C20H17Cl3N2O4S2/c1-12-15(22)5-3-7-19(12)30(26,27)24-17-10-9-14(21)11-18(17)25-31(28,29)20-8-4-6-16(23)13(20)2/h3-11,24-25H,1-2H3. The topological polar surface area (TPSA) is 92.3 Å². The van der Waals surface area contributed by atoms with Crippen LogP contribution in [0.15, 0.2) is 64.4 Å². The molecule has 0 aliphatic heterocycles. The highest BCUT2D eigenvalue weighted by Crippen LogP contribution is 2.32. The molecular weight excluding hydrogens is 503 g/mol. The van der Waals surface area contributed by atoms with Crippen molar-refractivity contribution < 1.29 is 16.8 Å². The molecule has 0 bridgehead atoms. The summed E-state index contributed by atoms with van der Waals surface area (Å²) in [4.78, 5) is -0.0751. The normalized spacial score (nSPS) is 11.9. The van der Waals surface area contributed by atoms with Crippen LogP contribution in [-0.2, 0) is 20.0 Å². The lowest BCUT2D eigenvalue weighted by atomic mass is 10.2. The number of hydrogen-bond acceptors (Lipinski definition) is 4. The minimum atomic E-state index is -4.09. The van der Waals surface area contributed by atoms with Crippen molar-refractivity contribution >= 4 is 66.2 Å². The Kier molecular flexibility index (Phi) is 6.78. The van der Waals surface area contributed by atoms with Crippen molar-refractivity contribution in [2.45, 2.75) is 23.6 Å². The predicted octanol–water partition coefficient (Wildman–Crippen LogP) is 5.87. The van der Waals surface area contributed by atoms with E-state index in [4.69, 9.17) is 34.8 Å². The van der Waals surface area contributed by atoms with E-state index >= 15 is 0 Å². The lowest BCUT2D eigenvalue weighted by Crippen LogP contribution is -2.19. The van der Waals surface area contributed by atoms with Crippen LogP contribution in [0.2, 0.25) is 15.1 Å². The molecule has 3 rings (SSSR count). The fourth-order valence-electron chi connectivity index (χ4n) is 2.85. The number of hydrogen-bond donors (Lipinski definition) is 2. The molecule has 0 aromatic heterocycles. The van der Waals surface area contributed by atoms with Crippen molar-refractivity contribution in [3.63, 3.8) is 0 Å². The van der Waals surface area contributed by atoms with Gasteiger partial charge in [0.15, 0.2) is 0 Å². The molecule has 2 N–H and O–H groups in total. The highest BCUT2D eigenvalue weighted by atomic mass is 35.5. The SMILES string of the molecule is Cc1c(Cl)cccc1S(=O)(=O)Nc1ccc(Cl)cc1NS(=O)(=O)c1cccc(Cl)c1C. The van der Waals surface area contributed by atoms with E-state index in [0.29, 0.717) is 11.1 Å². The summed E-state index contributed by atoms with van der Waals surface area (Å²) in [5.74, 6) is 0. The zero-order chi connectivity index (χ0) is 23.0. The maximum atomic E-state index is 13.0. The van der Waals surface area contributed by atoms with Crippen LogP contribution in [0.25, 0.3) is 0 Å². The third kappa shape index (κ3) is 5.10. The van der Waals surface area contributed by atoms with E-state index in [0.717, 1.165) is 0 Å². The first-order chi connectivity index (χ1) is 14.4. The molecule has 3 aromatic rings. The van der Waals surface area contributed by atoms with Gasteiger partial charge in [-0.25, -0.2) is 16.8 Å². The van der Waals surface area contributed by atoms with Crippen molar-refractivity contribution in [1.29, 1.82) is 0 Å². The summed E-state index contributed by atoms with van der Waals surface area (Å²) >= 11 is 18.1. The average Bonchev–Trinajstić information content (AvgIpc) is 2.67. The molecule has 0 fully saturated rings. The molecule has 0 heterocycles. The molecule has 0 radical (unpaired) electrons. The maximum absolute atomic E-state index is 13.0. The second kappa shape index (κ2) is 8.88. The van der Waals surface area contributed by atoms with Gasteiger partial charge in [-0.1, -0.05) is 46.9 Å². The largest absolute Gasteiger partial charge is 0.277 e. The molecule has 164 valence electrons. The van der Waals surface area contributed by atoms with Crippen LogP contribution in [0.5, 0.6) is 0 Å². The third-order valence-electron chi connectivity index (χ3n) is 4.49. The second-order valence-corrected chi connectivity index (χ2v) is 11.2. The van der Waals surface area contributed by atoms with E-state index in [1.807, 2.05) is 0 Å². The van der Waals surface area contributed by atoms with Gasteiger partial charge in [0.2, 0.25) is 0 Å². The van der Waals surface area contributed by atoms with Crippen molar-refractivity contribution in [1.82, 2.24) is 0 Å². The maximum Gasteiger partial charge on any atom is 0.262 e. The molecule has 11 heteroatoms. The van der Waals surface area contributed by atoms with Gasteiger partial charge in [0, 0.05) is 15.1 Å². The predicted molar refractivity (Wildman–Crippen MR) is 125 cm³/mol. The average molecular weight is 520 g/mol. The van der Waals surface area contributed by atoms with Crippen molar-refractivity contribution in [3.8, 4) is 0 Å². The Labute approximate surface area is 196 Å². The van der Waals surface area contributed by atoms with Gasteiger partial charge < -0.3 is 0 Å². The summed E-state index contributed by atoms with van der Waals surface area (Å²) < 4.78 is 56.6. The molecule has 3 aromatic carbocycles. The minimum absolute atomic E-state index is 0.00738. The first-order valence-electron chi connectivity index (χ1n) is 8.78. The number of anilines is 2. The molecule has 0 atom stereocenters. The Morgan fingerprint density at radius 1 is 0.645 bits per heavy atom. The van der Waals surface area contributed by atoms with Crippen molar-refractivity contribution in [3.05, 3.63) is 80.8 Å². The molecular formula is C20H17Cl3N2O4S2. The molecule has 0 amide bonds. The summed E-state index contributed by atoms with van der Waals surface area (Å²) in [6, 6.07) is 13.1. The molecule has 0 saturated carbocycles. The lowest BCUT2D eigenvalue weighted by Gasteiger charge is -2.17. The lowest BCUT2D eigenvalue weighted by molar-refractivity contribution is 0.598. The molecule has 6 nitrogen and oxygen atoms in total. The van der Waals surface area contributed by atoms with Gasteiger partial charge in [0.25, 0.3) is 20.0 Å². The number of benzene rings is 3. The molecule has 31 heavy (non-hydrogen) atoms. The second-order valence-electron chi connectivity index (χ2n) is 6.63. The van der Waals surface area contributed by atoms with E-state index in [1.165, 1.54) is 42.5 Å². The third-order valence-corrected chi connectivity index (χ3v) is 8.56. The number of rotatable bonds is 6. The van der Waals surface area contributed by atoms with Gasteiger partial charge >= 0.3 is 0 Å². The minimum Gasteiger partial charge on any atom is -0.277 e. The van der Waals surface area contributed by atoms with Gasteiger partial charge in [-0.15, -0.1) is 0 Å². The van der Waals surface area contributed by atoms with Crippen LogP contribution < -0.4 is 9.44 Å². The van der Waals surface area contributed by atoms with E-state index < -0.39 is 20.0 Å². The monoisotopic (exact) mass is 518 g/mol. The Morgan fingerprint density at radius 2 is 1.10 bits per heavy atom. The highest BCUT2D eigenvalue weighted by molar-refractivity contribution is 7.93. The fraction of sp³-hybridized carbons (Fsp3) is 0.100.